The van der Waals surface area contributed by atoms with E-state index in [-0.39, 0.29) is 18.4 Å². The van der Waals surface area contributed by atoms with Gasteiger partial charge in [0.2, 0.25) is 0 Å². The number of rotatable bonds is 4. The van der Waals surface area contributed by atoms with Crippen molar-refractivity contribution < 1.29 is 9.53 Å². The van der Waals surface area contributed by atoms with E-state index in [0.717, 1.165) is 31.6 Å². The van der Waals surface area contributed by atoms with Gasteiger partial charge in [-0.25, -0.2) is 4.79 Å². The van der Waals surface area contributed by atoms with Crippen LogP contribution in [0, 0.1) is 24.2 Å². The summed E-state index contributed by atoms with van der Waals surface area (Å²) in [5.41, 5.74) is 7.23. The van der Waals surface area contributed by atoms with E-state index >= 15 is 0 Å². The Morgan fingerprint density at radius 1 is 0.914 bits per heavy atom. The third-order valence-corrected chi connectivity index (χ3v) is 6.85. The highest BCUT2D eigenvalue weighted by atomic mass is 16.5. The number of nitrogens with one attached hydrogen (secondary N) is 1. The molecule has 3 aromatic carbocycles. The molecule has 0 bridgehead atoms. The number of benzene rings is 3. The topological polar surface area (TPSA) is 41.6 Å². The number of amides is 1. The Labute approximate surface area is 207 Å². The van der Waals surface area contributed by atoms with Crippen LogP contribution in [0.2, 0.25) is 0 Å². The average molecular weight is 461 g/mol. The summed E-state index contributed by atoms with van der Waals surface area (Å²) in [5, 5.41) is 2.95. The minimum atomic E-state index is -0.511. The summed E-state index contributed by atoms with van der Waals surface area (Å²) < 4.78 is 5.27. The lowest BCUT2D eigenvalue weighted by atomic mass is 9.76. The number of ether oxygens (including phenoxy) is 1. The van der Waals surface area contributed by atoms with Crippen molar-refractivity contribution in [3.8, 4) is 24.2 Å². The van der Waals surface area contributed by atoms with E-state index < -0.39 is 6.09 Å². The molecule has 5 rings (SSSR count). The molecular formula is C31H28N2O2. The zero-order valence-corrected chi connectivity index (χ0v) is 19.7. The Bertz CT molecular complexity index is 1230. The van der Waals surface area contributed by atoms with Crippen molar-refractivity contribution >= 4 is 17.5 Å². The SMILES string of the molecule is C#CCC#CCOC(=O)Nc1cc2c3c(c1)C(c1ccccc1)CCN3CCC2c1ccccc1. The molecule has 2 aliphatic rings. The molecule has 2 atom stereocenters. The second-order valence-electron chi connectivity index (χ2n) is 8.93. The molecule has 2 unspecified atom stereocenters. The van der Waals surface area contributed by atoms with E-state index in [1.165, 1.54) is 27.9 Å². The van der Waals surface area contributed by atoms with Crippen molar-refractivity contribution in [2.24, 2.45) is 0 Å². The number of anilines is 2. The van der Waals surface area contributed by atoms with Crippen molar-refractivity contribution in [1.29, 1.82) is 0 Å². The van der Waals surface area contributed by atoms with E-state index in [1.807, 2.05) is 0 Å². The highest BCUT2D eigenvalue weighted by Gasteiger charge is 2.35. The maximum absolute atomic E-state index is 12.5. The standard InChI is InChI=1S/C31H28N2O2/c1-2-3-4-11-20-35-31(34)32-25-21-28-26(23-12-7-5-8-13-23)16-18-33-19-17-27(29(22-25)30(28)33)24-14-9-6-10-15-24/h1,5-10,12-15,21-22,26-27H,3,16-20H2,(H,32,34). The number of carbonyl (C=O) groups excluding carboxylic acids is 1. The largest absolute Gasteiger partial charge is 0.436 e. The summed E-state index contributed by atoms with van der Waals surface area (Å²) in [4.78, 5) is 15.1. The van der Waals surface area contributed by atoms with Crippen molar-refractivity contribution in [3.05, 3.63) is 95.1 Å². The lowest BCUT2D eigenvalue weighted by molar-refractivity contribution is 0.176. The molecule has 1 N–H and O–H groups in total. The smallest absolute Gasteiger partial charge is 0.412 e. The predicted octanol–water partition coefficient (Wildman–Crippen LogP) is 6.14. The molecule has 0 saturated heterocycles. The highest BCUT2D eigenvalue weighted by molar-refractivity contribution is 5.86. The van der Waals surface area contributed by atoms with Crippen LogP contribution in [0.4, 0.5) is 16.2 Å². The van der Waals surface area contributed by atoms with Gasteiger partial charge in [-0.05, 0) is 47.2 Å². The Balaban J connectivity index is 1.53. The van der Waals surface area contributed by atoms with Crippen LogP contribution in [0.15, 0.2) is 72.8 Å². The van der Waals surface area contributed by atoms with Crippen molar-refractivity contribution in [2.75, 3.05) is 29.9 Å². The Kier molecular flexibility index (Phi) is 6.73. The summed E-state index contributed by atoms with van der Waals surface area (Å²) in [6, 6.07) is 25.6. The number of hydrogen-bond acceptors (Lipinski definition) is 3. The van der Waals surface area contributed by atoms with Crippen LogP contribution in [0.3, 0.4) is 0 Å². The first kappa shape index (κ1) is 22.6. The molecule has 0 spiro atoms. The average Bonchev–Trinajstić information content (AvgIpc) is 2.90. The fourth-order valence-electron chi connectivity index (χ4n) is 5.35. The van der Waals surface area contributed by atoms with E-state index in [0.29, 0.717) is 6.42 Å². The van der Waals surface area contributed by atoms with Gasteiger partial charge < -0.3 is 9.64 Å². The second kappa shape index (κ2) is 10.4. The monoisotopic (exact) mass is 460 g/mol. The van der Waals surface area contributed by atoms with Gasteiger partial charge in [0.1, 0.15) is 0 Å². The predicted molar refractivity (Wildman–Crippen MR) is 141 cm³/mol. The molecule has 35 heavy (non-hydrogen) atoms. The Morgan fingerprint density at radius 3 is 2.03 bits per heavy atom. The maximum Gasteiger partial charge on any atom is 0.412 e. The Hall–Kier alpha value is -4.15. The number of nitrogens with zero attached hydrogens (tertiary/aromatic N) is 1. The normalized spacial score (nSPS) is 17.9. The molecule has 4 heteroatoms. The van der Waals surface area contributed by atoms with E-state index in [2.05, 4.69) is 101 Å². The third-order valence-electron chi connectivity index (χ3n) is 6.85. The molecular weight excluding hydrogens is 432 g/mol. The molecule has 0 aliphatic carbocycles. The molecule has 0 saturated carbocycles. The van der Waals surface area contributed by atoms with Gasteiger partial charge >= 0.3 is 6.09 Å². The fraction of sp³-hybridized carbons (Fsp3) is 0.258. The molecule has 1 amide bonds. The second-order valence-corrected chi connectivity index (χ2v) is 8.93. The van der Waals surface area contributed by atoms with Crippen molar-refractivity contribution in [3.63, 3.8) is 0 Å². The first-order valence-corrected chi connectivity index (χ1v) is 12.1. The van der Waals surface area contributed by atoms with Crippen molar-refractivity contribution in [2.45, 2.75) is 31.1 Å². The van der Waals surface area contributed by atoms with Gasteiger partial charge in [0.15, 0.2) is 6.61 Å². The summed E-state index contributed by atoms with van der Waals surface area (Å²) in [6.07, 6.45) is 7.13. The van der Waals surface area contributed by atoms with E-state index in [1.54, 1.807) is 0 Å². The van der Waals surface area contributed by atoms with Crippen LogP contribution >= 0.6 is 0 Å². The van der Waals surface area contributed by atoms with E-state index in [4.69, 9.17) is 11.2 Å². The van der Waals surface area contributed by atoms with Crippen LogP contribution < -0.4 is 10.2 Å². The quantitative estimate of drug-likeness (QED) is 0.476. The van der Waals surface area contributed by atoms with Crippen LogP contribution in [0.1, 0.15) is 53.4 Å². The number of terminal acetylenes is 1. The van der Waals surface area contributed by atoms with Crippen LogP contribution in [-0.2, 0) is 4.74 Å². The van der Waals surface area contributed by atoms with Crippen LogP contribution in [0.5, 0.6) is 0 Å². The molecule has 2 heterocycles. The molecule has 4 nitrogen and oxygen atoms in total. The third kappa shape index (κ3) is 4.88. The first-order valence-electron chi connectivity index (χ1n) is 12.1. The maximum atomic E-state index is 12.5. The van der Waals surface area contributed by atoms with Gasteiger partial charge in [0, 0.05) is 36.3 Å². The van der Waals surface area contributed by atoms with Gasteiger partial charge in [-0.2, -0.15) is 0 Å². The summed E-state index contributed by atoms with van der Waals surface area (Å²) in [5.74, 6) is 8.55. The molecule has 0 fully saturated rings. The lowest BCUT2D eigenvalue weighted by Gasteiger charge is -2.43. The highest BCUT2D eigenvalue weighted by Crippen LogP contribution is 2.49. The van der Waals surface area contributed by atoms with E-state index in [9.17, 15) is 4.79 Å². The van der Waals surface area contributed by atoms with Gasteiger partial charge in [0.25, 0.3) is 0 Å². The summed E-state index contributed by atoms with van der Waals surface area (Å²) in [7, 11) is 0. The number of carbonyl (C=O) groups is 1. The van der Waals surface area contributed by atoms with Crippen LogP contribution in [-0.4, -0.2) is 25.8 Å². The lowest BCUT2D eigenvalue weighted by Crippen LogP contribution is -2.37. The Morgan fingerprint density at radius 2 is 1.49 bits per heavy atom. The summed E-state index contributed by atoms with van der Waals surface area (Å²) >= 11 is 0. The molecule has 0 radical (unpaired) electrons. The zero-order valence-electron chi connectivity index (χ0n) is 19.7. The zero-order chi connectivity index (χ0) is 24.0. The summed E-state index contributed by atoms with van der Waals surface area (Å²) in [6.45, 7) is 2.08. The van der Waals surface area contributed by atoms with Gasteiger partial charge in [-0.1, -0.05) is 78.4 Å². The molecule has 174 valence electrons. The van der Waals surface area contributed by atoms with Gasteiger partial charge in [-0.15, -0.1) is 6.42 Å². The molecule has 0 aromatic heterocycles. The van der Waals surface area contributed by atoms with Gasteiger partial charge in [0.05, 0.1) is 6.42 Å². The minimum absolute atomic E-state index is 0.0123. The van der Waals surface area contributed by atoms with Crippen LogP contribution in [0.25, 0.3) is 0 Å². The molecule has 2 aliphatic heterocycles. The first-order chi connectivity index (χ1) is 17.2. The van der Waals surface area contributed by atoms with Crippen molar-refractivity contribution in [1.82, 2.24) is 0 Å². The minimum Gasteiger partial charge on any atom is -0.436 e. The fourth-order valence-corrected chi connectivity index (χ4v) is 5.35. The molecule has 3 aromatic rings. The van der Waals surface area contributed by atoms with Gasteiger partial charge in [-0.3, -0.25) is 5.32 Å². The number of hydrogen-bond donors (Lipinski definition) is 1.